The topological polar surface area (TPSA) is 81.5 Å². The van der Waals surface area contributed by atoms with E-state index in [1.54, 1.807) is 42.5 Å². The smallest absolute Gasteiger partial charge is 0.359 e. The second kappa shape index (κ2) is 9.51. The molecule has 3 rings (SSSR count). The Morgan fingerprint density at radius 2 is 1.74 bits per heavy atom. The Morgan fingerprint density at radius 1 is 1.10 bits per heavy atom. The average molecular weight is 425 g/mol. The van der Waals surface area contributed by atoms with Gasteiger partial charge < -0.3 is 9.64 Å². The van der Waals surface area contributed by atoms with E-state index in [0.717, 1.165) is 0 Å². The average Bonchev–Trinajstić information content (AvgIpc) is 2.75. The van der Waals surface area contributed by atoms with Crippen LogP contribution in [0.2, 0.25) is 0 Å². The van der Waals surface area contributed by atoms with Crippen molar-refractivity contribution in [3.8, 4) is 0 Å². The number of halogens is 1. The lowest BCUT2D eigenvalue weighted by Crippen LogP contribution is -2.32. The molecular formula is C23H24FN3O4. The van der Waals surface area contributed by atoms with Crippen LogP contribution in [-0.4, -0.2) is 40.2 Å². The molecule has 0 radical (unpaired) electrons. The van der Waals surface area contributed by atoms with Crippen molar-refractivity contribution in [3.05, 3.63) is 76.0 Å². The second-order valence-corrected chi connectivity index (χ2v) is 7.69. The minimum Gasteiger partial charge on any atom is -0.451 e. The Hall–Kier alpha value is -3.55. The lowest BCUT2D eigenvalue weighted by molar-refractivity contribution is -0.133. The summed E-state index contributed by atoms with van der Waals surface area (Å²) in [5.74, 6) is -1.57. The van der Waals surface area contributed by atoms with Crippen molar-refractivity contribution in [2.24, 2.45) is 5.92 Å². The van der Waals surface area contributed by atoms with Gasteiger partial charge in [0.25, 0.3) is 11.5 Å². The van der Waals surface area contributed by atoms with Crippen LogP contribution in [0.5, 0.6) is 0 Å². The van der Waals surface area contributed by atoms with Crippen LogP contribution in [0.15, 0.2) is 53.3 Å². The van der Waals surface area contributed by atoms with E-state index in [0.29, 0.717) is 22.9 Å². The third-order valence-electron chi connectivity index (χ3n) is 4.72. The van der Waals surface area contributed by atoms with Crippen molar-refractivity contribution in [1.29, 1.82) is 0 Å². The van der Waals surface area contributed by atoms with Gasteiger partial charge in [-0.3, -0.25) is 9.59 Å². The molecule has 0 saturated heterocycles. The summed E-state index contributed by atoms with van der Waals surface area (Å²) in [7, 11) is 1.50. The van der Waals surface area contributed by atoms with Crippen molar-refractivity contribution < 1.29 is 18.7 Å². The fourth-order valence-electron chi connectivity index (χ4n) is 3.13. The summed E-state index contributed by atoms with van der Waals surface area (Å²) in [4.78, 5) is 39.0. The van der Waals surface area contributed by atoms with Crippen molar-refractivity contribution in [2.75, 3.05) is 13.7 Å². The molecule has 0 unspecified atom stereocenters. The predicted molar refractivity (Wildman–Crippen MR) is 114 cm³/mol. The number of likely N-dealkylation sites (N-methyl/N-ethyl adjacent to an activating group) is 1. The molecule has 0 aliphatic rings. The molecule has 31 heavy (non-hydrogen) atoms. The number of esters is 1. The van der Waals surface area contributed by atoms with Crippen LogP contribution < -0.4 is 5.56 Å². The van der Waals surface area contributed by atoms with Crippen LogP contribution in [-0.2, 0) is 22.6 Å². The highest BCUT2D eigenvalue weighted by molar-refractivity contribution is 6.02. The molecule has 0 bridgehead atoms. The molecule has 0 spiro atoms. The normalized spacial score (nSPS) is 11.0. The van der Waals surface area contributed by atoms with Gasteiger partial charge in [-0.1, -0.05) is 50.2 Å². The summed E-state index contributed by atoms with van der Waals surface area (Å²) in [6.45, 7) is 3.73. The van der Waals surface area contributed by atoms with Crippen molar-refractivity contribution in [2.45, 2.75) is 26.9 Å². The van der Waals surface area contributed by atoms with Crippen molar-refractivity contribution >= 4 is 22.6 Å². The monoisotopic (exact) mass is 425 g/mol. The molecule has 7 nitrogen and oxygen atoms in total. The number of carbonyl (C=O) groups is 2. The molecule has 3 aromatic rings. The van der Waals surface area contributed by atoms with Crippen LogP contribution >= 0.6 is 0 Å². The van der Waals surface area contributed by atoms with Gasteiger partial charge in [0.05, 0.1) is 5.39 Å². The van der Waals surface area contributed by atoms with Crippen LogP contribution in [0.4, 0.5) is 4.39 Å². The minimum absolute atomic E-state index is 0.0274. The molecule has 0 atom stereocenters. The van der Waals surface area contributed by atoms with E-state index < -0.39 is 24.3 Å². The summed E-state index contributed by atoms with van der Waals surface area (Å²) in [5, 5.41) is 4.92. The highest BCUT2D eigenvalue weighted by atomic mass is 19.1. The number of rotatable bonds is 7. The molecule has 0 saturated carbocycles. The fourth-order valence-corrected chi connectivity index (χ4v) is 3.13. The third-order valence-corrected chi connectivity index (χ3v) is 4.72. The molecule has 0 fully saturated rings. The summed E-state index contributed by atoms with van der Waals surface area (Å²) in [6.07, 6.45) is 0. The van der Waals surface area contributed by atoms with E-state index in [4.69, 9.17) is 4.74 Å². The maximum Gasteiger partial charge on any atom is 0.359 e. The van der Waals surface area contributed by atoms with Gasteiger partial charge in [0, 0.05) is 31.1 Å². The van der Waals surface area contributed by atoms with Gasteiger partial charge in [0.15, 0.2) is 12.3 Å². The van der Waals surface area contributed by atoms with Crippen LogP contribution in [0.25, 0.3) is 10.8 Å². The zero-order chi connectivity index (χ0) is 22.5. The Kier molecular flexibility index (Phi) is 6.79. The van der Waals surface area contributed by atoms with Gasteiger partial charge in [0.2, 0.25) is 0 Å². The van der Waals surface area contributed by atoms with Crippen LogP contribution in [0, 0.1) is 11.7 Å². The van der Waals surface area contributed by atoms with E-state index in [2.05, 4.69) is 5.10 Å². The molecule has 0 N–H and O–H groups in total. The largest absolute Gasteiger partial charge is 0.451 e. The summed E-state index contributed by atoms with van der Waals surface area (Å²) >= 11 is 0. The number of ether oxygens (including phenoxy) is 1. The quantitative estimate of drug-likeness (QED) is 0.544. The zero-order valence-corrected chi connectivity index (χ0v) is 17.7. The summed E-state index contributed by atoms with van der Waals surface area (Å²) < 4.78 is 20.2. The molecule has 1 amide bonds. The van der Waals surface area contributed by atoms with Crippen LogP contribution in [0.3, 0.4) is 0 Å². The number of hydrogen-bond donors (Lipinski definition) is 0. The van der Waals surface area contributed by atoms with Gasteiger partial charge >= 0.3 is 5.97 Å². The highest BCUT2D eigenvalue weighted by Gasteiger charge is 2.20. The molecule has 8 heteroatoms. The Morgan fingerprint density at radius 3 is 2.42 bits per heavy atom. The van der Waals surface area contributed by atoms with E-state index in [1.807, 2.05) is 13.8 Å². The molecule has 1 heterocycles. The first-order valence-electron chi connectivity index (χ1n) is 9.92. The lowest BCUT2D eigenvalue weighted by Gasteiger charge is -2.18. The number of fused-ring (bicyclic) bond motifs is 1. The maximum absolute atomic E-state index is 13.8. The third kappa shape index (κ3) is 5.14. The highest BCUT2D eigenvalue weighted by Crippen LogP contribution is 2.15. The molecule has 0 aliphatic heterocycles. The number of carbonyl (C=O) groups excluding carboxylic acids is 2. The van der Waals surface area contributed by atoms with Gasteiger partial charge in [-0.15, -0.1) is 0 Å². The van der Waals surface area contributed by atoms with Gasteiger partial charge in [-0.25, -0.2) is 13.9 Å². The zero-order valence-electron chi connectivity index (χ0n) is 17.7. The number of benzene rings is 2. The van der Waals surface area contributed by atoms with E-state index >= 15 is 0 Å². The standard InChI is InChI=1S/C23H24FN3O4/c1-15(2)12-27-22(29)18-10-6-5-9-17(18)21(25-27)23(30)31-14-20(28)26(3)13-16-8-4-7-11-19(16)24/h4-11,15H,12-14H2,1-3H3. The molecule has 1 aromatic heterocycles. The molecule has 0 aliphatic carbocycles. The Bertz CT molecular complexity index is 1170. The van der Waals surface area contributed by atoms with E-state index in [-0.39, 0.29) is 23.7 Å². The van der Waals surface area contributed by atoms with Crippen molar-refractivity contribution in [1.82, 2.24) is 14.7 Å². The van der Waals surface area contributed by atoms with Crippen LogP contribution in [0.1, 0.15) is 29.9 Å². The number of amides is 1. The fraction of sp³-hybridized carbons (Fsp3) is 0.304. The first-order chi connectivity index (χ1) is 14.8. The van der Waals surface area contributed by atoms with Gasteiger partial charge in [-0.05, 0) is 18.1 Å². The van der Waals surface area contributed by atoms with Gasteiger partial charge in [-0.2, -0.15) is 5.10 Å². The molecule has 2 aromatic carbocycles. The SMILES string of the molecule is CC(C)Cn1nc(C(=O)OCC(=O)N(C)Cc2ccccc2F)c2ccccc2c1=O. The summed E-state index contributed by atoms with van der Waals surface area (Å²) in [5.41, 5.74) is 0.0417. The molecular weight excluding hydrogens is 401 g/mol. The lowest BCUT2D eigenvalue weighted by atomic mass is 10.1. The molecule has 162 valence electrons. The number of hydrogen-bond acceptors (Lipinski definition) is 5. The predicted octanol–water partition coefficient (Wildman–Crippen LogP) is 3.01. The maximum atomic E-state index is 13.8. The Balaban J connectivity index is 1.77. The number of aromatic nitrogens is 2. The number of nitrogens with zero attached hydrogens (tertiary/aromatic N) is 3. The van der Waals surface area contributed by atoms with E-state index in [9.17, 15) is 18.8 Å². The first kappa shape index (κ1) is 22.1. The Labute approximate surface area is 179 Å². The van der Waals surface area contributed by atoms with E-state index in [1.165, 1.54) is 22.7 Å². The summed E-state index contributed by atoms with van der Waals surface area (Å²) in [6, 6.07) is 12.8. The second-order valence-electron chi connectivity index (χ2n) is 7.69. The van der Waals surface area contributed by atoms with Gasteiger partial charge in [0.1, 0.15) is 5.82 Å². The van der Waals surface area contributed by atoms with Crippen molar-refractivity contribution in [3.63, 3.8) is 0 Å². The minimum atomic E-state index is -0.804. The first-order valence-corrected chi connectivity index (χ1v) is 9.92.